The smallest absolute Gasteiger partial charge is 0.320 e. The molecule has 0 N–H and O–H groups in total. The summed E-state index contributed by atoms with van der Waals surface area (Å²) in [7, 11) is 0. The monoisotopic (exact) mass is 316 g/mol. The standard InChI is InChI=1S/C16H28O4S/c1-4-6-8-9-16(3)12-21-13(15(18)20-16)11-14(17)19-10-7-5-2/h13H,4-12H2,1-3H3. The molecule has 0 amide bonds. The molecule has 1 saturated heterocycles. The number of hydrogen-bond donors (Lipinski definition) is 0. The molecule has 1 aliphatic rings. The van der Waals surface area contributed by atoms with Crippen LogP contribution >= 0.6 is 11.8 Å². The van der Waals surface area contributed by atoms with Crippen molar-refractivity contribution in [3.8, 4) is 0 Å². The molecule has 122 valence electrons. The average molecular weight is 316 g/mol. The van der Waals surface area contributed by atoms with E-state index in [0.29, 0.717) is 6.61 Å². The predicted octanol–water partition coefficient (Wildman–Crippen LogP) is 3.72. The minimum absolute atomic E-state index is 0.123. The average Bonchev–Trinajstić information content (AvgIpc) is 2.43. The number of carbonyl (C=O) groups excluding carboxylic acids is 2. The summed E-state index contributed by atoms with van der Waals surface area (Å²) in [6.07, 6.45) is 6.26. The second kappa shape index (κ2) is 9.34. The van der Waals surface area contributed by atoms with E-state index in [4.69, 9.17) is 9.47 Å². The van der Waals surface area contributed by atoms with Crippen LogP contribution in [-0.4, -0.2) is 35.1 Å². The Hall–Kier alpha value is -0.710. The van der Waals surface area contributed by atoms with Crippen LogP contribution in [0.25, 0.3) is 0 Å². The van der Waals surface area contributed by atoms with E-state index in [9.17, 15) is 9.59 Å². The summed E-state index contributed by atoms with van der Waals surface area (Å²) in [6, 6.07) is 0. The number of unbranched alkanes of at least 4 members (excludes halogenated alkanes) is 3. The van der Waals surface area contributed by atoms with Crippen LogP contribution < -0.4 is 0 Å². The topological polar surface area (TPSA) is 52.6 Å². The summed E-state index contributed by atoms with van der Waals surface area (Å²) in [5.41, 5.74) is -0.375. The molecule has 1 heterocycles. The van der Waals surface area contributed by atoms with Crippen LogP contribution in [0.3, 0.4) is 0 Å². The highest BCUT2D eigenvalue weighted by Gasteiger charge is 2.39. The highest BCUT2D eigenvalue weighted by atomic mass is 32.2. The lowest BCUT2D eigenvalue weighted by atomic mass is 10.00. The summed E-state index contributed by atoms with van der Waals surface area (Å²) >= 11 is 1.53. The van der Waals surface area contributed by atoms with Gasteiger partial charge in [-0.05, 0) is 26.2 Å². The third kappa shape index (κ3) is 6.72. The number of thioether (sulfide) groups is 1. The molecule has 4 nitrogen and oxygen atoms in total. The molecule has 0 aromatic carbocycles. The summed E-state index contributed by atoms with van der Waals surface area (Å²) in [5, 5.41) is -0.404. The highest BCUT2D eigenvalue weighted by molar-refractivity contribution is 8.00. The van der Waals surface area contributed by atoms with Crippen LogP contribution in [0.15, 0.2) is 0 Å². The van der Waals surface area contributed by atoms with Gasteiger partial charge in [0.05, 0.1) is 13.0 Å². The van der Waals surface area contributed by atoms with Crippen molar-refractivity contribution in [3.05, 3.63) is 0 Å². The number of esters is 2. The largest absolute Gasteiger partial charge is 0.466 e. The van der Waals surface area contributed by atoms with Gasteiger partial charge in [-0.1, -0.05) is 33.1 Å². The fraction of sp³-hybridized carbons (Fsp3) is 0.875. The van der Waals surface area contributed by atoms with E-state index in [2.05, 4.69) is 6.92 Å². The number of rotatable bonds is 9. The zero-order valence-corrected chi connectivity index (χ0v) is 14.3. The van der Waals surface area contributed by atoms with E-state index in [1.54, 1.807) is 0 Å². The molecule has 5 heteroatoms. The molecule has 0 aromatic rings. The first-order valence-corrected chi connectivity index (χ1v) is 9.05. The van der Waals surface area contributed by atoms with Gasteiger partial charge >= 0.3 is 11.9 Å². The van der Waals surface area contributed by atoms with E-state index >= 15 is 0 Å². The van der Waals surface area contributed by atoms with E-state index in [1.807, 2.05) is 13.8 Å². The van der Waals surface area contributed by atoms with Crippen LogP contribution in [0.5, 0.6) is 0 Å². The molecule has 2 atom stereocenters. The molecule has 0 spiro atoms. The number of ether oxygens (including phenoxy) is 2. The Labute approximate surface area is 132 Å². The van der Waals surface area contributed by atoms with Crippen molar-refractivity contribution in [2.75, 3.05) is 12.4 Å². The summed E-state index contributed by atoms with van der Waals surface area (Å²) in [5.74, 6) is 0.195. The molecule has 1 rings (SSSR count). The Balaban J connectivity index is 2.35. The second-order valence-electron chi connectivity index (χ2n) is 5.91. The molecule has 2 unspecified atom stereocenters. The summed E-state index contributed by atoms with van der Waals surface area (Å²) < 4.78 is 10.7. The first-order chi connectivity index (χ1) is 10.0. The molecule has 0 bridgehead atoms. The van der Waals surface area contributed by atoms with Gasteiger partial charge in [-0.25, -0.2) is 0 Å². The van der Waals surface area contributed by atoms with Gasteiger partial charge in [0.15, 0.2) is 0 Å². The van der Waals surface area contributed by atoms with Crippen molar-refractivity contribution in [3.63, 3.8) is 0 Å². The first kappa shape index (κ1) is 18.3. The van der Waals surface area contributed by atoms with Gasteiger partial charge in [0.1, 0.15) is 10.9 Å². The van der Waals surface area contributed by atoms with Gasteiger partial charge in [-0.2, -0.15) is 0 Å². The van der Waals surface area contributed by atoms with Gasteiger partial charge < -0.3 is 9.47 Å². The Bertz CT molecular complexity index is 345. The van der Waals surface area contributed by atoms with Crippen LogP contribution in [0.4, 0.5) is 0 Å². The van der Waals surface area contributed by atoms with Crippen molar-refractivity contribution >= 4 is 23.7 Å². The minimum Gasteiger partial charge on any atom is -0.466 e. The molecule has 0 radical (unpaired) electrons. The Morgan fingerprint density at radius 1 is 1.33 bits per heavy atom. The van der Waals surface area contributed by atoms with E-state index < -0.39 is 5.25 Å². The molecule has 21 heavy (non-hydrogen) atoms. The fourth-order valence-corrected chi connectivity index (χ4v) is 3.43. The Morgan fingerprint density at radius 2 is 2.05 bits per heavy atom. The molecule has 0 aromatic heterocycles. The van der Waals surface area contributed by atoms with Crippen molar-refractivity contribution in [1.82, 2.24) is 0 Å². The van der Waals surface area contributed by atoms with Gasteiger partial charge in [0, 0.05) is 5.75 Å². The lowest BCUT2D eigenvalue weighted by molar-refractivity contribution is -0.160. The maximum absolute atomic E-state index is 12.1. The van der Waals surface area contributed by atoms with Crippen molar-refractivity contribution in [2.24, 2.45) is 0 Å². The molecular weight excluding hydrogens is 288 g/mol. The van der Waals surface area contributed by atoms with Crippen molar-refractivity contribution in [2.45, 2.75) is 76.6 Å². The van der Waals surface area contributed by atoms with Gasteiger partial charge in [-0.3, -0.25) is 9.59 Å². The third-order valence-electron chi connectivity index (χ3n) is 3.62. The lowest BCUT2D eigenvalue weighted by Crippen LogP contribution is -2.44. The SMILES string of the molecule is CCCCCC1(C)CSC(CC(=O)OCCCC)C(=O)O1. The van der Waals surface area contributed by atoms with Crippen LogP contribution in [0.2, 0.25) is 0 Å². The Morgan fingerprint density at radius 3 is 2.67 bits per heavy atom. The molecule has 1 aliphatic heterocycles. The normalized spacial score (nSPS) is 25.5. The van der Waals surface area contributed by atoms with Crippen molar-refractivity contribution in [1.29, 1.82) is 0 Å². The van der Waals surface area contributed by atoms with Gasteiger partial charge in [-0.15, -0.1) is 11.8 Å². The zero-order chi connectivity index (χ0) is 15.7. The van der Waals surface area contributed by atoms with Crippen LogP contribution in [0.1, 0.15) is 65.7 Å². The molecular formula is C16H28O4S. The predicted molar refractivity (Wildman–Crippen MR) is 85.4 cm³/mol. The van der Waals surface area contributed by atoms with Crippen LogP contribution in [-0.2, 0) is 19.1 Å². The molecule has 1 fully saturated rings. The fourth-order valence-electron chi connectivity index (χ4n) is 2.24. The van der Waals surface area contributed by atoms with E-state index in [-0.39, 0.29) is 24.0 Å². The minimum atomic E-state index is -0.404. The lowest BCUT2D eigenvalue weighted by Gasteiger charge is -2.36. The van der Waals surface area contributed by atoms with Crippen molar-refractivity contribution < 1.29 is 19.1 Å². The molecule has 0 aliphatic carbocycles. The quantitative estimate of drug-likeness (QED) is 0.479. The second-order valence-corrected chi connectivity index (χ2v) is 7.10. The number of carbonyl (C=O) groups is 2. The van der Waals surface area contributed by atoms with Crippen LogP contribution in [0, 0.1) is 0 Å². The van der Waals surface area contributed by atoms with Gasteiger partial charge in [0.25, 0.3) is 0 Å². The van der Waals surface area contributed by atoms with E-state index in [0.717, 1.165) is 44.3 Å². The number of cyclic esters (lactones) is 1. The first-order valence-electron chi connectivity index (χ1n) is 8.01. The Kier molecular flexibility index (Phi) is 8.15. The zero-order valence-electron chi connectivity index (χ0n) is 13.5. The third-order valence-corrected chi connectivity index (χ3v) is 5.16. The van der Waals surface area contributed by atoms with E-state index in [1.165, 1.54) is 11.8 Å². The number of hydrogen-bond acceptors (Lipinski definition) is 5. The summed E-state index contributed by atoms with van der Waals surface area (Å²) in [4.78, 5) is 23.7. The van der Waals surface area contributed by atoms with Gasteiger partial charge in [0.2, 0.25) is 0 Å². The highest BCUT2D eigenvalue weighted by Crippen LogP contribution is 2.34. The maximum atomic E-state index is 12.1. The summed E-state index contributed by atoms with van der Waals surface area (Å²) in [6.45, 7) is 6.63. The maximum Gasteiger partial charge on any atom is 0.320 e. The molecule has 0 saturated carbocycles.